The van der Waals surface area contributed by atoms with E-state index in [1.807, 2.05) is 17.5 Å². The Morgan fingerprint density at radius 2 is 2.18 bits per heavy atom. The summed E-state index contributed by atoms with van der Waals surface area (Å²) < 4.78 is 0.971. The van der Waals surface area contributed by atoms with E-state index in [0.717, 1.165) is 14.6 Å². The lowest BCUT2D eigenvalue weighted by Gasteiger charge is -1.89. The minimum absolute atomic E-state index is 0.0838. The molecule has 0 spiro atoms. The second kappa shape index (κ2) is 3.90. The van der Waals surface area contributed by atoms with Gasteiger partial charge in [0.2, 0.25) is 0 Å². The number of non-ortho nitro benzene ring substituents is 1. The number of nitro benzene ring substituents is 1. The molecule has 3 aromatic rings. The lowest BCUT2D eigenvalue weighted by Crippen LogP contribution is -1.86. The molecule has 4 nitrogen and oxygen atoms in total. The smallest absolute Gasteiger partial charge is 0.258 e. The number of aromatic nitrogens is 1. The van der Waals surface area contributed by atoms with Crippen molar-refractivity contribution in [3.8, 4) is 9.88 Å². The monoisotopic (exact) mass is 262 g/mol. The van der Waals surface area contributed by atoms with Crippen LogP contribution in [0.4, 0.5) is 5.69 Å². The minimum atomic E-state index is -0.399. The summed E-state index contributed by atoms with van der Waals surface area (Å²) in [5, 5.41) is 13.6. The lowest BCUT2D eigenvalue weighted by atomic mass is 10.3. The molecule has 6 heteroatoms. The van der Waals surface area contributed by atoms with Gasteiger partial charge in [0, 0.05) is 12.1 Å². The van der Waals surface area contributed by atoms with E-state index in [1.165, 1.54) is 12.1 Å². The molecule has 0 N–H and O–H groups in total. The van der Waals surface area contributed by atoms with Gasteiger partial charge in [-0.3, -0.25) is 10.1 Å². The zero-order chi connectivity index (χ0) is 11.8. The normalized spacial score (nSPS) is 10.8. The molecule has 3 rings (SSSR count). The molecule has 84 valence electrons. The van der Waals surface area contributed by atoms with Crippen molar-refractivity contribution in [2.24, 2.45) is 0 Å². The molecule has 0 unspecified atom stereocenters. The van der Waals surface area contributed by atoms with Crippen molar-refractivity contribution >= 4 is 38.6 Å². The van der Waals surface area contributed by atoms with Gasteiger partial charge in [0.25, 0.3) is 5.69 Å². The number of thiazole rings is 1. The van der Waals surface area contributed by atoms with E-state index in [0.29, 0.717) is 5.52 Å². The third-order valence-electron chi connectivity index (χ3n) is 2.31. The standard InChI is InChI=1S/C11H6N2O2S2/c14-13(15)7-3-4-9-8(6-7)12-11(17-9)10-2-1-5-16-10/h1-6H. The fourth-order valence-corrected chi connectivity index (χ4v) is 3.28. The van der Waals surface area contributed by atoms with Crippen LogP contribution in [0.2, 0.25) is 0 Å². The fraction of sp³-hybridized carbons (Fsp3) is 0. The molecule has 2 aromatic heterocycles. The molecule has 0 bridgehead atoms. The molecule has 0 saturated carbocycles. The van der Waals surface area contributed by atoms with E-state index < -0.39 is 4.92 Å². The molecule has 17 heavy (non-hydrogen) atoms. The van der Waals surface area contributed by atoms with Gasteiger partial charge in [-0.05, 0) is 17.5 Å². The van der Waals surface area contributed by atoms with E-state index in [4.69, 9.17) is 0 Å². The molecule has 0 radical (unpaired) electrons. The summed E-state index contributed by atoms with van der Waals surface area (Å²) in [6.45, 7) is 0. The van der Waals surface area contributed by atoms with Crippen LogP contribution in [0.1, 0.15) is 0 Å². The third kappa shape index (κ3) is 1.81. The first-order valence-electron chi connectivity index (χ1n) is 4.83. The van der Waals surface area contributed by atoms with E-state index in [9.17, 15) is 10.1 Å². The summed E-state index contributed by atoms with van der Waals surface area (Å²) >= 11 is 3.17. The zero-order valence-electron chi connectivity index (χ0n) is 8.49. The van der Waals surface area contributed by atoms with Gasteiger partial charge in [0.05, 0.1) is 20.0 Å². The highest BCUT2D eigenvalue weighted by molar-refractivity contribution is 7.25. The first kappa shape index (κ1) is 10.4. The summed E-state index contributed by atoms with van der Waals surface area (Å²) in [6.07, 6.45) is 0. The molecule has 0 aliphatic heterocycles. The van der Waals surface area contributed by atoms with Crippen molar-refractivity contribution in [1.82, 2.24) is 4.98 Å². The van der Waals surface area contributed by atoms with Gasteiger partial charge in [-0.15, -0.1) is 22.7 Å². The van der Waals surface area contributed by atoms with Crippen molar-refractivity contribution in [2.75, 3.05) is 0 Å². The third-order valence-corrected chi connectivity index (χ3v) is 4.39. The summed E-state index contributed by atoms with van der Waals surface area (Å²) in [5.74, 6) is 0. The lowest BCUT2D eigenvalue weighted by molar-refractivity contribution is -0.384. The predicted molar refractivity (Wildman–Crippen MR) is 69.6 cm³/mol. The quantitative estimate of drug-likeness (QED) is 0.519. The molecule has 0 aliphatic carbocycles. The Balaban J connectivity index is 2.16. The molecule has 2 heterocycles. The van der Waals surface area contributed by atoms with E-state index in [1.54, 1.807) is 28.7 Å². The average molecular weight is 262 g/mol. The molecule has 0 aliphatic rings. The number of nitrogens with zero attached hydrogens (tertiary/aromatic N) is 2. The van der Waals surface area contributed by atoms with Crippen molar-refractivity contribution in [3.05, 3.63) is 45.8 Å². The number of nitro groups is 1. The molecule has 0 fully saturated rings. The van der Waals surface area contributed by atoms with Crippen molar-refractivity contribution in [3.63, 3.8) is 0 Å². The average Bonchev–Trinajstić information content (AvgIpc) is 2.96. The maximum Gasteiger partial charge on any atom is 0.271 e. The number of benzene rings is 1. The highest BCUT2D eigenvalue weighted by Gasteiger charge is 2.11. The summed E-state index contributed by atoms with van der Waals surface area (Å²) in [6, 6.07) is 8.75. The first-order valence-corrected chi connectivity index (χ1v) is 6.52. The Hall–Kier alpha value is -1.79. The van der Waals surface area contributed by atoms with Crippen molar-refractivity contribution in [1.29, 1.82) is 0 Å². The van der Waals surface area contributed by atoms with Gasteiger partial charge < -0.3 is 0 Å². The van der Waals surface area contributed by atoms with Gasteiger partial charge in [-0.2, -0.15) is 0 Å². The van der Waals surface area contributed by atoms with Crippen molar-refractivity contribution < 1.29 is 4.92 Å². The van der Waals surface area contributed by atoms with E-state index >= 15 is 0 Å². The first-order chi connectivity index (χ1) is 8.24. The van der Waals surface area contributed by atoms with Crippen LogP contribution in [0.3, 0.4) is 0 Å². The number of rotatable bonds is 2. The molecule has 1 aromatic carbocycles. The Bertz CT molecular complexity index is 689. The van der Waals surface area contributed by atoms with Crippen LogP contribution >= 0.6 is 22.7 Å². The van der Waals surface area contributed by atoms with Gasteiger partial charge >= 0.3 is 0 Å². The van der Waals surface area contributed by atoms with Crippen LogP contribution in [-0.4, -0.2) is 9.91 Å². The van der Waals surface area contributed by atoms with E-state index in [2.05, 4.69) is 4.98 Å². The highest BCUT2D eigenvalue weighted by atomic mass is 32.1. The number of hydrogen-bond donors (Lipinski definition) is 0. The highest BCUT2D eigenvalue weighted by Crippen LogP contribution is 2.33. The van der Waals surface area contributed by atoms with Gasteiger partial charge in [-0.1, -0.05) is 6.07 Å². The molecule has 0 saturated heterocycles. The topological polar surface area (TPSA) is 56.0 Å². The summed E-state index contributed by atoms with van der Waals surface area (Å²) in [5.41, 5.74) is 0.771. The fourth-order valence-electron chi connectivity index (χ4n) is 1.54. The predicted octanol–water partition coefficient (Wildman–Crippen LogP) is 3.93. The van der Waals surface area contributed by atoms with Crippen LogP contribution in [0, 0.1) is 10.1 Å². The van der Waals surface area contributed by atoms with Crippen LogP contribution in [0.15, 0.2) is 35.7 Å². The largest absolute Gasteiger partial charge is 0.271 e. The zero-order valence-corrected chi connectivity index (χ0v) is 10.1. The van der Waals surface area contributed by atoms with Gasteiger partial charge in [-0.25, -0.2) is 4.98 Å². The Morgan fingerprint density at radius 1 is 1.29 bits per heavy atom. The van der Waals surface area contributed by atoms with Crippen LogP contribution in [0.25, 0.3) is 20.1 Å². The summed E-state index contributed by atoms with van der Waals surface area (Å²) in [7, 11) is 0. The van der Waals surface area contributed by atoms with Crippen LogP contribution in [0.5, 0.6) is 0 Å². The number of thiophene rings is 1. The van der Waals surface area contributed by atoms with Crippen LogP contribution in [-0.2, 0) is 0 Å². The molecular weight excluding hydrogens is 256 g/mol. The van der Waals surface area contributed by atoms with Gasteiger partial charge in [0.15, 0.2) is 0 Å². The maximum atomic E-state index is 10.7. The summed E-state index contributed by atoms with van der Waals surface area (Å²) in [4.78, 5) is 15.8. The maximum absolute atomic E-state index is 10.7. The number of fused-ring (bicyclic) bond motifs is 1. The second-order valence-electron chi connectivity index (χ2n) is 3.41. The molecule has 0 atom stereocenters. The van der Waals surface area contributed by atoms with Crippen molar-refractivity contribution in [2.45, 2.75) is 0 Å². The van der Waals surface area contributed by atoms with Gasteiger partial charge in [0.1, 0.15) is 5.01 Å². The molecule has 0 amide bonds. The van der Waals surface area contributed by atoms with E-state index in [-0.39, 0.29) is 5.69 Å². The minimum Gasteiger partial charge on any atom is -0.258 e. The Kier molecular flexibility index (Phi) is 2.38. The Labute approximate surface area is 104 Å². The molecular formula is C11H6N2O2S2. The number of hydrogen-bond acceptors (Lipinski definition) is 5. The second-order valence-corrected chi connectivity index (χ2v) is 5.38. The van der Waals surface area contributed by atoms with Crippen LogP contribution < -0.4 is 0 Å². The Morgan fingerprint density at radius 3 is 2.88 bits per heavy atom. The SMILES string of the molecule is O=[N+]([O-])c1ccc2sc(-c3cccs3)nc2c1.